The Kier molecular flexibility index (Phi) is 6.42. The van der Waals surface area contributed by atoms with Crippen LogP contribution in [0.3, 0.4) is 0 Å². The van der Waals surface area contributed by atoms with Crippen molar-refractivity contribution in [1.82, 2.24) is 5.32 Å². The zero-order valence-electron chi connectivity index (χ0n) is 16.8. The number of para-hydroxylation sites is 1. The lowest BCUT2D eigenvalue weighted by atomic mass is 10.1. The van der Waals surface area contributed by atoms with Crippen LogP contribution in [0, 0.1) is 6.92 Å². The Balaban J connectivity index is 2.05. The predicted molar refractivity (Wildman–Crippen MR) is 114 cm³/mol. The molecule has 0 bridgehead atoms. The maximum atomic E-state index is 13.1. The SMILES string of the molecule is CCOc1cc(/C=C2\C(=O)NC(=O)N(c3ccccc3C)C2=O)cc(Cl)c1OCC. The first-order chi connectivity index (χ1) is 14.4. The fourth-order valence-corrected chi connectivity index (χ4v) is 3.35. The average Bonchev–Trinajstić information content (AvgIpc) is 2.69. The molecule has 0 atom stereocenters. The minimum atomic E-state index is -0.795. The highest BCUT2D eigenvalue weighted by Crippen LogP contribution is 2.37. The number of aryl methyl sites for hydroxylation is 1. The molecule has 0 aromatic heterocycles. The molecule has 0 aliphatic carbocycles. The molecule has 3 rings (SSSR count). The number of nitrogens with one attached hydrogen (secondary N) is 1. The van der Waals surface area contributed by atoms with Gasteiger partial charge in [0.25, 0.3) is 11.8 Å². The van der Waals surface area contributed by atoms with Gasteiger partial charge < -0.3 is 9.47 Å². The molecule has 0 saturated carbocycles. The zero-order valence-corrected chi connectivity index (χ0v) is 17.6. The van der Waals surface area contributed by atoms with Crippen molar-refractivity contribution in [2.75, 3.05) is 18.1 Å². The van der Waals surface area contributed by atoms with E-state index in [1.165, 1.54) is 6.08 Å². The number of carbonyl (C=O) groups excluding carboxylic acids is 3. The number of ether oxygens (including phenoxy) is 2. The molecule has 8 heteroatoms. The van der Waals surface area contributed by atoms with Gasteiger partial charge in [-0.2, -0.15) is 0 Å². The quantitative estimate of drug-likeness (QED) is 0.552. The topological polar surface area (TPSA) is 84.9 Å². The summed E-state index contributed by atoms with van der Waals surface area (Å²) in [6.45, 7) is 6.19. The molecule has 2 aromatic carbocycles. The number of amides is 4. The van der Waals surface area contributed by atoms with Gasteiger partial charge in [-0.1, -0.05) is 29.8 Å². The van der Waals surface area contributed by atoms with Gasteiger partial charge in [-0.3, -0.25) is 14.9 Å². The smallest absolute Gasteiger partial charge is 0.335 e. The number of barbiturate groups is 1. The van der Waals surface area contributed by atoms with Crippen LogP contribution >= 0.6 is 11.6 Å². The minimum Gasteiger partial charge on any atom is -0.490 e. The molecule has 156 valence electrons. The number of anilines is 1. The summed E-state index contributed by atoms with van der Waals surface area (Å²) in [6, 6.07) is 9.32. The molecule has 30 heavy (non-hydrogen) atoms. The van der Waals surface area contributed by atoms with Crippen LogP contribution in [-0.4, -0.2) is 31.1 Å². The van der Waals surface area contributed by atoms with Gasteiger partial charge in [0.1, 0.15) is 5.57 Å². The first-order valence-corrected chi connectivity index (χ1v) is 9.81. The Morgan fingerprint density at radius 1 is 1.07 bits per heavy atom. The van der Waals surface area contributed by atoms with Crippen molar-refractivity contribution in [2.45, 2.75) is 20.8 Å². The first-order valence-electron chi connectivity index (χ1n) is 9.43. The van der Waals surface area contributed by atoms with Gasteiger partial charge in [0.15, 0.2) is 11.5 Å². The van der Waals surface area contributed by atoms with Crippen LogP contribution in [0.5, 0.6) is 11.5 Å². The van der Waals surface area contributed by atoms with Gasteiger partial charge in [-0.25, -0.2) is 9.69 Å². The summed E-state index contributed by atoms with van der Waals surface area (Å²) < 4.78 is 11.1. The third-order valence-corrected chi connectivity index (χ3v) is 4.67. The van der Waals surface area contributed by atoms with E-state index in [1.54, 1.807) is 43.3 Å². The summed E-state index contributed by atoms with van der Waals surface area (Å²) >= 11 is 6.32. The van der Waals surface area contributed by atoms with Gasteiger partial charge >= 0.3 is 6.03 Å². The summed E-state index contributed by atoms with van der Waals surface area (Å²) in [5.41, 5.74) is 1.39. The molecular weight excluding hydrogens is 408 g/mol. The Morgan fingerprint density at radius 3 is 2.43 bits per heavy atom. The molecule has 4 amide bonds. The number of rotatable bonds is 6. The lowest BCUT2D eigenvalue weighted by Crippen LogP contribution is -2.54. The Labute approximate surface area is 179 Å². The van der Waals surface area contributed by atoms with Crippen LogP contribution in [0.15, 0.2) is 42.0 Å². The van der Waals surface area contributed by atoms with Gasteiger partial charge in [0, 0.05) is 0 Å². The molecule has 1 fully saturated rings. The normalized spacial score (nSPS) is 15.4. The molecule has 1 aliphatic heterocycles. The van der Waals surface area contributed by atoms with Crippen molar-refractivity contribution in [3.05, 3.63) is 58.1 Å². The predicted octanol–water partition coefficient (Wildman–Crippen LogP) is 4.11. The second kappa shape index (κ2) is 9.00. The van der Waals surface area contributed by atoms with Crippen molar-refractivity contribution in [3.8, 4) is 11.5 Å². The molecule has 0 spiro atoms. The van der Waals surface area contributed by atoms with Crippen molar-refractivity contribution in [2.24, 2.45) is 0 Å². The molecule has 1 N–H and O–H groups in total. The number of nitrogens with zero attached hydrogens (tertiary/aromatic N) is 1. The molecule has 1 aliphatic rings. The van der Waals surface area contributed by atoms with Crippen molar-refractivity contribution in [1.29, 1.82) is 0 Å². The van der Waals surface area contributed by atoms with Gasteiger partial charge in [0.05, 0.1) is 23.9 Å². The maximum absolute atomic E-state index is 13.1. The highest BCUT2D eigenvalue weighted by Gasteiger charge is 2.37. The summed E-state index contributed by atoms with van der Waals surface area (Å²) in [6.07, 6.45) is 1.37. The van der Waals surface area contributed by atoms with Crippen LogP contribution in [0.1, 0.15) is 25.0 Å². The van der Waals surface area contributed by atoms with Gasteiger partial charge in [0.2, 0.25) is 0 Å². The summed E-state index contributed by atoms with van der Waals surface area (Å²) in [7, 11) is 0. The summed E-state index contributed by atoms with van der Waals surface area (Å²) in [5, 5.41) is 2.49. The number of carbonyl (C=O) groups is 3. The van der Waals surface area contributed by atoms with Crippen molar-refractivity contribution < 1.29 is 23.9 Å². The summed E-state index contributed by atoms with van der Waals surface area (Å²) in [5.74, 6) is -0.715. The lowest BCUT2D eigenvalue weighted by Gasteiger charge is -2.27. The average molecular weight is 429 g/mol. The minimum absolute atomic E-state index is 0.194. The van der Waals surface area contributed by atoms with E-state index in [2.05, 4.69) is 5.32 Å². The Morgan fingerprint density at radius 2 is 1.77 bits per heavy atom. The number of benzene rings is 2. The van der Waals surface area contributed by atoms with Crippen LogP contribution in [0.2, 0.25) is 5.02 Å². The van der Waals surface area contributed by atoms with Crippen LogP contribution in [0.4, 0.5) is 10.5 Å². The van der Waals surface area contributed by atoms with Crippen LogP contribution in [0.25, 0.3) is 6.08 Å². The molecule has 2 aromatic rings. The van der Waals surface area contributed by atoms with Crippen molar-refractivity contribution in [3.63, 3.8) is 0 Å². The zero-order chi connectivity index (χ0) is 21.8. The molecule has 1 heterocycles. The lowest BCUT2D eigenvalue weighted by molar-refractivity contribution is -0.122. The largest absolute Gasteiger partial charge is 0.490 e. The number of hydrogen-bond donors (Lipinski definition) is 1. The van der Waals surface area contributed by atoms with E-state index in [4.69, 9.17) is 21.1 Å². The highest BCUT2D eigenvalue weighted by molar-refractivity contribution is 6.39. The van der Waals surface area contributed by atoms with E-state index in [-0.39, 0.29) is 10.6 Å². The first kappa shape index (κ1) is 21.4. The van der Waals surface area contributed by atoms with Crippen molar-refractivity contribution >= 4 is 41.2 Å². The monoisotopic (exact) mass is 428 g/mol. The fourth-order valence-electron chi connectivity index (χ4n) is 3.08. The van der Waals surface area contributed by atoms with E-state index < -0.39 is 17.8 Å². The van der Waals surface area contributed by atoms with Gasteiger partial charge in [-0.05, 0) is 56.2 Å². The molecule has 1 saturated heterocycles. The highest BCUT2D eigenvalue weighted by atomic mass is 35.5. The van der Waals surface area contributed by atoms with E-state index in [9.17, 15) is 14.4 Å². The van der Waals surface area contributed by atoms with E-state index in [0.717, 1.165) is 10.5 Å². The standard InChI is InChI=1S/C22H21ClN2O5/c1-4-29-18-12-14(11-16(23)19(18)30-5-2)10-15-20(26)24-22(28)25(21(15)27)17-9-7-6-8-13(17)3/h6-12H,4-5H2,1-3H3,(H,24,26,28)/b15-10+. The third kappa shape index (κ3) is 4.16. The van der Waals surface area contributed by atoms with Gasteiger partial charge in [-0.15, -0.1) is 0 Å². The fraction of sp³-hybridized carbons (Fsp3) is 0.227. The van der Waals surface area contributed by atoms with Crippen LogP contribution < -0.4 is 19.7 Å². The number of halogens is 1. The van der Waals surface area contributed by atoms with E-state index >= 15 is 0 Å². The second-order valence-corrected chi connectivity index (χ2v) is 6.85. The van der Waals surface area contributed by atoms with E-state index in [0.29, 0.717) is 36.0 Å². The Bertz CT molecular complexity index is 1050. The third-order valence-electron chi connectivity index (χ3n) is 4.39. The maximum Gasteiger partial charge on any atom is 0.335 e. The van der Waals surface area contributed by atoms with Crippen LogP contribution in [-0.2, 0) is 9.59 Å². The second-order valence-electron chi connectivity index (χ2n) is 6.44. The molecule has 0 radical (unpaired) electrons. The molecule has 7 nitrogen and oxygen atoms in total. The molecule has 0 unspecified atom stereocenters. The number of imide groups is 2. The number of urea groups is 1. The Hall–Kier alpha value is -3.32. The summed E-state index contributed by atoms with van der Waals surface area (Å²) in [4.78, 5) is 38.8. The number of hydrogen-bond acceptors (Lipinski definition) is 5. The molecular formula is C22H21ClN2O5. The van der Waals surface area contributed by atoms with E-state index in [1.807, 2.05) is 13.8 Å².